The zero-order valence-corrected chi connectivity index (χ0v) is 12.7. The lowest BCUT2D eigenvalue weighted by Crippen LogP contribution is -2.24. The smallest absolute Gasteiger partial charge is 0.250 e. The van der Waals surface area contributed by atoms with Crippen molar-refractivity contribution in [2.45, 2.75) is 30.1 Å². The zero-order valence-electron chi connectivity index (χ0n) is 11.0. The van der Waals surface area contributed by atoms with Crippen molar-refractivity contribution >= 4 is 21.4 Å². The Bertz CT molecular complexity index is 620. The van der Waals surface area contributed by atoms with Gasteiger partial charge in [-0.3, -0.25) is 0 Å². The number of nitrogens with one attached hydrogen (secondary N) is 1. The maximum atomic E-state index is 12.0. The molecule has 0 saturated carbocycles. The summed E-state index contributed by atoms with van der Waals surface area (Å²) in [4.78, 5) is 4.82. The number of unbranched alkanes of at least 4 members (excludes halogenated alkanes) is 1. The van der Waals surface area contributed by atoms with Gasteiger partial charge in [-0.15, -0.1) is 11.3 Å². The van der Waals surface area contributed by atoms with Gasteiger partial charge in [0.2, 0.25) is 10.0 Å². The monoisotopic (exact) mass is 314 g/mol. The molecule has 0 aromatic carbocycles. The van der Waals surface area contributed by atoms with Crippen LogP contribution in [0.5, 0.6) is 0 Å². The van der Waals surface area contributed by atoms with E-state index in [1.54, 1.807) is 24.7 Å². The molecular formula is C12H18N4O2S2. The topological polar surface area (TPSA) is 90.0 Å². The summed E-state index contributed by atoms with van der Waals surface area (Å²) in [5.41, 5.74) is 5.48. The second-order valence-electron chi connectivity index (χ2n) is 4.33. The molecule has 6 nitrogen and oxygen atoms in total. The largest absolute Gasteiger partial charge is 0.337 e. The fraction of sp³-hybridized carbons (Fsp3) is 0.417. The highest BCUT2D eigenvalue weighted by Crippen LogP contribution is 2.20. The second-order valence-corrected chi connectivity index (χ2v) is 7.49. The molecule has 0 aliphatic carbocycles. The molecule has 2 aromatic rings. The molecule has 0 aliphatic rings. The SMILES string of the molecule is NCc1ccc(S(=O)(=O)NCCCCn2ccnc2)s1. The number of hydrogen-bond donors (Lipinski definition) is 2. The lowest BCUT2D eigenvalue weighted by molar-refractivity contribution is 0.567. The number of imidazole rings is 1. The van der Waals surface area contributed by atoms with E-state index in [9.17, 15) is 8.42 Å². The first kappa shape index (κ1) is 15.2. The molecule has 0 bridgehead atoms. The molecule has 0 unspecified atom stereocenters. The lowest BCUT2D eigenvalue weighted by atomic mass is 10.3. The number of sulfonamides is 1. The molecule has 0 fully saturated rings. The van der Waals surface area contributed by atoms with Crippen LogP contribution in [0.4, 0.5) is 0 Å². The quantitative estimate of drug-likeness (QED) is 0.716. The predicted octanol–water partition coefficient (Wildman–Crippen LogP) is 1.16. The maximum Gasteiger partial charge on any atom is 0.250 e. The summed E-state index contributed by atoms with van der Waals surface area (Å²) in [5.74, 6) is 0. The van der Waals surface area contributed by atoms with E-state index in [4.69, 9.17) is 5.73 Å². The van der Waals surface area contributed by atoms with Gasteiger partial charge in [-0.2, -0.15) is 0 Å². The van der Waals surface area contributed by atoms with Gasteiger partial charge in [0.25, 0.3) is 0 Å². The molecule has 110 valence electrons. The zero-order chi connectivity index (χ0) is 14.4. The number of rotatable bonds is 8. The number of nitrogens with zero attached hydrogens (tertiary/aromatic N) is 2. The Morgan fingerprint density at radius 1 is 1.35 bits per heavy atom. The van der Waals surface area contributed by atoms with Gasteiger partial charge in [0, 0.05) is 36.9 Å². The summed E-state index contributed by atoms with van der Waals surface area (Å²) in [5, 5.41) is 0. The number of nitrogens with two attached hydrogens (primary N) is 1. The number of aromatic nitrogens is 2. The molecule has 0 amide bonds. The normalized spacial score (nSPS) is 11.8. The molecular weight excluding hydrogens is 296 g/mol. The average Bonchev–Trinajstić information content (AvgIpc) is 3.09. The highest BCUT2D eigenvalue weighted by atomic mass is 32.2. The van der Waals surface area contributed by atoms with E-state index in [0.717, 1.165) is 24.3 Å². The first-order valence-corrected chi connectivity index (χ1v) is 8.66. The van der Waals surface area contributed by atoms with Gasteiger partial charge in [0.15, 0.2) is 0 Å². The molecule has 2 aromatic heterocycles. The third-order valence-corrected chi connectivity index (χ3v) is 5.86. The van der Waals surface area contributed by atoms with Crippen LogP contribution in [-0.4, -0.2) is 24.5 Å². The van der Waals surface area contributed by atoms with Crippen molar-refractivity contribution in [1.29, 1.82) is 0 Å². The molecule has 8 heteroatoms. The standard InChI is InChI=1S/C12H18N4O2S2/c13-9-11-3-4-12(19-11)20(17,18)15-5-1-2-7-16-8-6-14-10-16/h3-4,6,8,10,15H,1-2,5,7,9,13H2. The van der Waals surface area contributed by atoms with Crippen molar-refractivity contribution < 1.29 is 8.42 Å². The first-order valence-electron chi connectivity index (χ1n) is 6.36. The average molecular weight is 314 g/mol. The summed E-state index contributed by atoms with van der Waals surface area (Å²) in [6.07, 6.45) is 7.06. The Kier molecular flexibility index (Phi) is 5.30. The van der Waals surface area contributed by atoms with Gasteiger partial charge in [0.1, 0.15) is 4.21 Å². The van der Waals surface area contributed by atoms with Crippen LogP contribution in [0, 0.1) is 0 Å². The molecule has 0 spiro atoms. The van der Waals surface area contributed by atoms with E-state index < -0.39 is 10.0 Å². The van der Waals surface area contributed by atoms with Crippen LogP contribution in [0.15, 0.2) is 35.1 Å². The molecule has 0 saturated heterocycles. The predicted molar refractivity (Wildman–Crippen MR) is 78.9 cm³/mol. The minimum absolute atomic E-state index is 0.326. The van der Waals surface area contributed by atoms with Crippen LogP contribution in [0.3, 0.4) is 0 Å². The van der Waals surface area contributed by atoms with Gasteiger partial charge in [-0.25, -0.2) is 18.1 Å². The van der Waals surface area contributed by atoms with Gasteiger partial charge < -0.3 is 10.3 Å². The highest BCUT2D eigenvalue weighted by Gasteiger charge is 2.15. The third kappa shape index (κ3) is 4.14. The van der Waals surface area contributed by atoms with Crippen molar-refractivity contribution in [3.63, 3.8) is 0 Å². The first-order chi connectivity index (χ1) is 9.62. The van der Waals surface area contributed by atoms with Crippen molar-refractivity contribution in [3.05, 3.63) is 35.7 Å². The Morgan fingerprint density at radius 3 is 2.85 bits per heavy atom. The number of aryl methyl sites for hydroxylation is 1. The second kappa shape index (κ2) is 6.98. The van der Waals surface area contributed by atoms with Crippen LogP contribution >= 0.6 is 11.3 Å². The maximum absolute atomic E-state index is 12.0. The Hall–Kier alpha value is -1.22. The number of hydrogen-bond acceptors (Lipinski definition) is 5. The van der Waals surface area contributed by atoms with E-state index in [-0.39, 0.29) is 0 Å². The fourth-order valence-electron chi connectivity index (χ4n) is 1.73. The van der Waals surface area contributed by atoms with Gasteiger partial charge in [-0.05, 0) is 25.0 Å². The number of thiophene rings is 1. The van der Waals surface area contributed by atoms with Crippen molar-refractivity contribution in [2.75, 3.05) is 6.54 Å². The van der Waals surface area contributed by atoms with Crippen LogP contribution in [0.2, 0.25) is 0 Å². The van der Waals surface area contributed by atoms with E-state index in [0.29, 0.717) is 17.3 Å². The molecule has 0 radical (unpaired) electrons. The summed E-state index contributed by atoms with van der Waals surface area (Å²) in [7, 11) is -3.39. The van der Waals surface area contributed by atoms with Crippen molar-refractivity contribution in [2.24, 2.45) is 5.73 Å². The Morgan fingerprint density at radius 2 is 2.20 bits per heavy atom. The highest BCUT2D eigenvalue weighted by molar-refractivity contribution is 7.91. The van der Waals surface area contributed by atoms with Crippen LogP contribution in [-0.2, 0) is 23.1 Å². The Labute approximate surface area is 122 Å². The lowest BCUT2D eigenvalue weighted by Gasteiger charge is -2.05. The van der Waals surface area contributed by atoms with Crippen LogP contribution < -0.4 is 10.5 Å². The summed E-state index contributed by atoms with van der Waals surface area (Å²) in [6, 6.07) is 3.35. The van der Waals surface area contributed by atoms with E-state index in [1.807, 2.05) is 10.8 Å². The van der Waals surface area contributed by atoms with E-state index in [1.165, 1.54) is 11.3 Å². The van der Waals surface area contributed by atoms with Gasteiger partial charge >= 0.3 is 0 Å². The Balaban J connectivity index is 1.75. The van der Waals surface area contributed by atoms with Crippen molar-refractivity contribution in [1.82, 2.24) is 14.3 Å². The van der Waals surface area contributed by atoms with Crippen LogP contribution in [0.1, 0.15) is 17.7 Å². The molecule has 2 rings (SSSR count). The fourth-order valence-corrected chi connectivity index (χ4v) is 4.08. The van der Waals surface area contributed by atoms with Crippen LogP contribution in [0.25, 0.3) is 0 Å². The molecule has 20 heavy (non-hydrogen) atoms. The summed E-state index contributed by atoms with van der Waals surface area (Å²) < 4.78 is 28.9. The minimum Gasteiger partial charge on any atom is -0.337 e. The van der Waals surface area contributed by atoms with Crippen molar-refractivity contribution in [3.8, 4) is 0 Å². The minimum atomic E-state index is -3.39. The van der Waals surface area contributed by atoms with Gasteiger partial charge in [-0.1, -0.05) is 0 Å². The summed E-state index contributed by atoms with van der Waals surface area (Å²) in [6.45, 7) is 1.65. The van der Waals surface area contributed by atoms with E-state index in [2.05, 4.69) is 9.71 Å². The molecule has 2 heterocycles. The molecule has 3 N–H and O–H groups in total. The molecule has 0 aliphatic heterocycles. The van der Waals surface area contributed by atoms with E-state index >= 15 is 0 Å². The van der Waals surface area contributed by atoms with Gasteiger partial charge in [0.05, 0.1) is 6.33 Å². The third-order valence-electron chi connectivity index (χ3n) is 2.80. The summed E-state index contributed by atoms with van der Waals surface area (Å²) >= 11 is 1.21. The molecule has 0 atom stereocenters.